The number of aliphatic hydroxyl groups is 1. The number of nitrogens with one attached hydrogen (secondary N) is 1. The van der Waals surface area contributed by atoms with Crippen LogP contribution in [0.25, 0.3) is 32.9 Å². The van der Waals surface area contributed by atoms with E-state index in [2.05, 4.69) is 27.0 Å². The number of nitrogens with zero attached hydrogens (tertiary/aromatic N) is 7. The first-order valence-corrected chi connectivity index (χ1v) is 27.8. The van der Waals surface area contributed by atoms with Crippen molar-refractivity contribution in [3.63, 3.8) is 0 Å². The van der Waals surface area contributed by atoms with Crippen molar-refractivity contribution in [1.82, 2.24) is 35.0 Å². The van der Waals surface area contributed by atoms with Gasteiger partial charge in [-0.2, -0.15) is 9.97 Å². The van der Waals surface area contributed by atoms with Crippen LogP contribution in [0.1, 0.15) is 118 Å². The third-order valence-electron chi connectivity index (χ3n) is 18.5. The SMILES string of the molecule is CCc1c(F)ccc2cc(O)cc(-c3nc4c5c(nc(OC[C@@]67CCCN6[C@H](COC(=O)N6CCC8(CC6)CC(C#Cc6ccc9c(c6)CN(C6CCC(=O)NC6=O)C9O)C8)CC7)nc5c3F)N3CCCOC[C@@H]3CC4)c12. The van der Waals surface area contributed by atoms with Gasteiger partial charge in [-0.05, 0) is 153 Å². The summed E-state index contributed by atoms with van der Waals surface area (Å²) in [4.78, 5) is 60.9. The topological polar surface area (TPSA) is 183 Å². The molecule has 1 spiro atoms. The van der Waals surface area contributed by atoms with E-state index in [9.17, 15) is 24.6 Å². The number of ether oxygens (including phenoxy) is 3. The highest BCUT2D eigenvalue weighted by Crippen LogP contribution is 2.53. The Morgan fingerprint density at radius 2 is 1.81 bits per heavy atom. The van der Waals surface area contributed by atoms with E-state index in [0.717, 1.165) is 81.0 Å². The van der Waals surface area contributed by atoms with Crippen LogP contribution < -0.4 is 15.0 Å². The van der Waals surface area contributed by atoms with E-state index in [1.54, 1.807) is 17.0 Å². The minimum absolute atomic E-state index is 0.00593. The fourth-order valence-electron chi connectivity index (χ4n) is 14.4. The lowest BCUT2D eigenvalue weighted by Crippen LogP contribution is -2.51. The molecule has 18 heteroatoms. The van der Waals surface area contributed by atoms with Crippen molar-refractivity contribution in [2.24, 2.45) is 11.3 Å². The molecule has 7 aliphatic heterocycles. The molecule has 402 valence electrons. The van der Waals surface area contributed by atoms with E-state index in [1.807, 2.05) is 30.0 Å². The fraction of sp³-hybridized carbons (Fsp3) is 0.525. The molecule has 6 fully saturated rings. The molecule has 0 radical (unpaired) electrons. The summed E-state index contributed by atoms with van der Waals surface area (Å²) in [5, 5.41) is 25.9. The number of carbonyl (C=O) groups excluding carboxylic acids is 3. The van der Waals surface area contributed by atoms with Gasteiger partial charge >= 0.3 is 12.1 Å². The largest absolute Gasteiger partial charge is 0.508 e. The highest BCUT2D eigenvalue weighted by atomic mass is 19.1. The van der Waals surface area contributed by atoms with Crippen LogP contribution in [0.3, 0.4) is 0 Å². The van der Waals surface area contributed by atoms with Crippen LogP contribution in [-0.4, -0.2) is 134 Å². The van der Waals surface area contributed by atoms with Gasteiger partial charge in [0, 0.05) is 62.3 Å². The fourth-order valence-corrected chi connectivity index (χ4v) is 14.4. The minimum Gasteiger partial charge on any atom is -0.508 e. The van der Waals surface area contributed by atoms with Crippen LogP contribution in [-0.2, 0) is 38.4 Å². The summed E-state index contributed by atoms with van der Waals surface area (Å²) in [6.45, 7) is 6.71. The maximum atomic E-state index is 17.5. The highest BCUT2D eigenvalue weighted by molar-refractivity contribution is 6.03. The summed E-state index contributed by atoms with van der Waals surface area (Å²) in [6.07, 6.45) is 9.10. The standard InChI is InChI=1S/C59H64F2N8O8/c1-2-41-44(60)11-8-36-26-40(70)27-43(48(36)41)51-50(61)52-49-45(62-51)12-9-38-31-75-24-4-20-67(38)53(49)65-56(64-52)77-33-59-16-3-21-69(59)39(15-17-59)32-76-57(74)66-22-18-58(19-23-66)28-35(29-58)6-5-34-7-10-42-37(25-34)30-68(55(42)73)46-13-14-47(71)63-54(46)72/h7-8,10-11,25-27,35,38-39,46,55,70,73H,2-4,9,12-24,28-33H2,1H3,(H,63,71,72)/t38-,39-,46?,55?,59-/m0/s1. The van der Waals surface area contributed by atoms with Crippen molar-refractivity contribution < 1.29 is 47.6 Å². The van der Waals surface area contributed by atoms with Gasteiger partial charge in [0.15, 0.2) is 5.82 Å². The summed E-state index contributed by atoms with van der Waals surface area (Å²) in [7, 11) is 0. The second kappa shape index (κ2) is 19.7. The van der Waals surface area contributed by atoms with E-state index >= 15 is 8.78 Å². The highest BCUT2D eigenvalue weighted by Gasteiger charge is 2.51. The lowest BCUT2D eigenvalue weighted by atomic mass is 9.58. The van der Waals surface area contributed by atoms with Crippen molar-refractivity contribution in [1.29, 1.82) is 0 Å². The number of carbonyl (C=O) groups is 3. The molecule has 5 atom stereocenters. The number of phenolic OH excluding ortho intramolecular Hbond substituents is 1. The number of piperidine rings is 2. The number of pyridine rings is 1. The summed E-state index contributed by atoms with van der Waals surface area (Å²) < 4.78 is 51.7. The number of fused-ring (bicyclic) bond motifs is 5. The van der Waals surface area contributed by atoms with Gasteiger partial charge in [0.2, 0.25) is 11.8 Å². The number of rotatable bonds is 8. The Bertz CT molecular complexity index is 3300. The number of anilines is 1. The molecule has 77 heavy (non-hydrogen) atoms. The van der Waals surface area contributed by atoms with Crippen molar-refractivity contribution in [2.75, 3.05) is 57.5 Å². The predicted molar refractivity (Wildman–Crippen MR) is 281 cm³/mol. The number of phenols is 1. The van der Waals surface area contributed by atoms with Gasteiger partial charge in [-0.25, -0.2) is 18.6 Å². The third kappa shape index (κ3) is 8.91. The molecule has 8 aliphatic rings. The monoisotopic (exact) mass is 1050 g/mol. The van der Waals surface area contributed by atoms with Gasteiger partial charge in [0.05, 0.1) is 35.3 Å². The zero-order chi connectivity index (χ0) is 52.7. The summed E-state index contributed by atoms with van der Waals surface area (Å²) in [5.74, 6) is 5.86. The molecule has 13 rings (SSSR count). The summed E-state index contributed by atoms with van der Waals surface area (Å²) >= 11 is 0. The zero-order valence-electron chi connectivity index (χ0n) is 43.4. The molecule has 5 saturated heterocycles. The van der Waals surface area contributed by atoms with Crippen LogP contribution in [0.15, 0.2) is 42.5 Å². The Labute approximate surface area is 445 Å². The lowest BCUT2D eigenvalue weighted by molar-refractivity contribution is -0.141. The molecule has 2 unspecified atom stereocenters. The number of hydrogen-bond donors (Lipinski definition) is 3. The van der Waals surface area contributed by atoms with Crippen molar-refractivity contribution in [3.8, 4) is 34.9 Å². The number of halogens is 2. The van der Waals surface area contributed by atoms with Crippen LogP contribution in [0.4, 0.5) is 19.4 Å². The van der Waals surface area contributed by atoms with Gasteiger partial charge in [-0.15, -0.1) is 0 Å². The van der Waals surface area contributed by atoms with E-state index in [-0.39, 0.29) is 89.5 Å². The number of aliphatic hydroxyl groups excluding tert-OH is 1. The Kier molecular flexibility index (Phi) is 12.8. The Morgan fingerprint density at radius 3 is 2.64 bits per heavy atom. The van der Waals surface area contributed by atoms with Gasteiger partial charge in [0.1, 0.15) is 48.0 Å². The number of aromatic hydroxyl groups is 1. The van der Waals surface area contributed by atoms with E-state index in [1.165, 1.54) is 12.1 Å². The third-order valence-corrected chi connectivity index (χ3v) is 18.5. The molecule has 1 aliphatic carbocycles. The average molecular weight is 1050 g/mol. The van der Waals surface area contributed by atoms with E-state index < -0.39 is 23.9 Å². The summed E-state index contributed by atoms with van der Waals surface area (Å²) in [6, 6.07) is 11.3. The van der Waals surface area contributed by atoms with Crippen LogP contribution in [0.2, 0.25) is 0 Å². The number of imide groups is 1. The number of benzene rings is 3. The van der Waals surface area contributed by atoms with E-state index in [4.69, 9.17) is 29.2 Å². The quantitative estimate of drug-likeness (QED) is 0.102. The zero-order valence-corrected chi connectivity index (χ0v) is 43.4. The van der Waals surface area contributed by atoms with Crippen LogP contribution in [0.5, 0.6) is 11.8 Å². The van der Waals surface area contributed by atoms with Crippen LogP contribution in [0, 0.1) is 34.8 Å². The molecule has 2 aromatic heterocycles. The first-order chi connectivity index (χ1) is 37.4. The Balaban J connectivity index is 0.655. The number of aromatic nitrogens is 3. The smallest absolute Gasteiger partial charge is 0.409 e. The van der Waals surface area contributed by atoms with Crippen LogP contribution >= 0.6 is 0 Å². The normalized spacial score (nSPS) is 26.1. The Hall–Kier alpha value is -6.52. The van der Waals surface area contributed by atoms with Gasteiger partial charge in [-0.3, -0.25) is 24.7 Å². The molecule has 3 N–H and O–H groups in total. The molecular formula is C59H64F2N8O8. The summed E-state index contributed by atoms with van der Waals surface area (Å²) in [5.41, 5.74) is 3.83. The molecule has 5 aromatic rings. The molecule has 16 nitrogen and oxygen atoms in total. The van der Waals surface area contributed by atoms with Gasteiger partial charge in [-0.1, -0.05) is 30.9 Å². The number of amides is 3. The van der Waals surface area contributed by atoms with Crippen molar-refractivity contribution in [2.45, 2.75) is 133 Å². The molecule has 1 saturated carbocycles. The van der Waals surface area contributed by atoms with Gasteiger partial charge in [0.25, 0.3) is 0 Å². The van der Waals surface area contributed by atoms with Crippen molar-refractivity contribution in [3.05, 3.63) is 82.0 Å². The van der Waals surface area contributed by atoms with E-state index in [0.29, 0.717) is 104 Å². The number of likely N-dealkylation sites (tertiary alicyclic amines) is 1. The lowest BCUT2D eigenvalue weighted by Gasteiger charge is -2.50. The molecular weight excluding hydrogens is 987 g/mol. The van der Waals surface area contributed by atoms with Gasteiger partial charge < -0.3 is 34.2 Å². The predicted octanol–water partition coefficient (Wildman–Crippen LogP) is 7.60. The molecule has 0 bridgehead atoms. The molecule has 9 heterocycles. The first kappa shape index (κ1) is 50.0. The molecule has 3 aromatic carbocycles. The Morgan fingerprint density at radius 1 is 0.948 bits per heavy atom. The maximum Gasteiger partial charge on any atom is 0.409 e. The molecule has 3 amide bonds. The maximum absolute atomic E-state index is 17.5. The second-order valence-corrected chi connectivity index (χ2v) is 22.9. The average Bonchev–Trinajstić information content (AvgIpc) is 4.00. The first-order valence-electron chi connectivity index (χ1n) is 27.8. The minimum atomic E-state index is -0.907. The second-order valence-electron chi connectivity index (χ2n) is 22.9. The number of aryl methyl sites for hydroxylation is 2. The number of hydrogen-bond acceptors (Lipinski definition) is 14. The van der Waals surface area contributed by atoms with Crippen molar-refractivity contribution >= 4 is 45.4 Å².